The Balaban J connectivity index is 1.37. The molecule has 0 amide bonds. The molecule has 2 fully saturated rings. The van der Waals surface area contributed by atoms with Crippen LogP contribution < -0.4 is 9.46 Å². The van der Waals surface area contributed by atoms with Gasteiger partial charge in [0.1, 0.15) is 0 Å². The number of anilines is 1. The van der Waals surface area contributed by atoms with E-state index in [0.29, 0.717) is 35.4 Å². The molecule has 1 saturated carbocycles. The Hall–Kier alpha value is -3.01. The van der Waals surface area contributed by atoms with E-state index in [-0.39, 0.29) is 22.7 Å². The second-order valence-electron chi connectivity index (χ2n) is 13.5. The number of aryl methyl sites for hydroxylation is 2. The minimum absolute atomic E-state index is 0.0158. The van der Waals surface area contributed by atoms with Gasteiger partial charge in [0.25, 0.3) is 10.0 Å². The molecule has 1 saturated heterocycles. The highest BCUT2D eigenvalue weighted by Crippen LogP contribution is 2.58. The molecule has 230 valence electrons. The fourth-order valence-corrected chi connectivity index (χ4v) is 8.85. The molecular weight excluding hydrogens is 560 g/mol. The number of benzene rings is 2. The van der Waals surface area contributed by atoms with Crippen LogP contribution in [0.4, 0.5) is 5.95 Å². The van der Waals surface area contributed by atoms with Gasteiger partial charge in [0.05, 0.1) is 23.8 Å². The molecule has 1 N–H and O–H groups in total. The number of fused-ring (bicyclic) bond motifs is 4. The van der Waals surface area contributed by atoms with Gasteiger partial charge in [-0.05, 0) is 85.1 Å². The summed E-state index contributed by atoms with van der Waals surface area (Å²) < 4.78 is 41.9. The minimum Gasteiger partial charge on any atom is -0.477 e. The molecule has 1 aliphatic carbocycles. The van der Waals surface area contributed by atoms with Gasteiger partial charge in [0.15, 0.2) is 0 Å². The molecule has 8 nitrogen and oxygen atoms in total. The molecule has 6 rings (SSSR count). The van der Waals surface area contributed by atoms with E-state index < -0.39 is 10.0 Å². The number of aromatic nitrogens is 2. The summed E-state index contributed by atoms with van der Waals surface area (Å²) in [5.74, 6) is 1.74. The van der Waals surface area contributed by atoms with Crippen molar-refractivity contribution in [3.63, 3.8) is 0 Å². The van der Waals surface area contributed by atoms with Crippen molar-refractivity contribution in [2.75, 3.05) is 44.7 Å². The van der Waals surface area contributed by atoms with Crippen molar-refractivity contribution in [3.8, 4) is 17.1 Å². The van der Waals surface area contributed by atoms with Gasteiger partial charge in [-0.1, -0.05) is 44.2 Å². The normalized spacial score (nSPS) is 22.9. The standard InChI is InChI=1S/C34H44N4O4S/c1-22(2)14-26-19-42-30-16-29(31-23(3)8-6-9-24(31)4)35-33(36-30)37-43(39,40)28-11-7-10-25(15-28)32(26)27-17-34(18-27)20-38(21-34)12-13-41-5/h6-11,15-16,22,26-27,32H,12-14,17-21H2,1-5H3,(H,35,36,37)/t26-,32?/m1/s1. The summed E-state index contributed by atoms with van der Waals surface area (Å²) in [6.07, 6.45) is 3.28. The van der Waals surface area contributed by atoms with Crippen LogP contribution in [0.5, 0.6) is 5.88 Å². The topological polar surface area (TPSA) is 93.7 Å². The molecule has 1 unspecified atom stereocenters. The first-order valence-corrected chi connectivity index (χ1v) is 17.0. The maximum atomic E-state index is 13.7. The second kappa shape index (κ2) is 11.8. The molecule has 3 heterocycles. The molecular formula is C34H44N4O4S. The molecule has 2 atom stereocenters. The van der Waals surface area contributed by atoms with Crippen LogP contribution in [0.15, 0.2) is 53.4 Å². The van der Waals surface area contributed by atoms with Gasteiger partial charge in [0.2, 0.25) is 11.8 Å². The number of methoxy groups -OCH3 is 1. The lowest BCUT2D eigenvalue weighted by Crippen LogP contribution is -2.63. The number of hydrogen-bond acceptors (Lipinski definition) is 7. The summed E-state index contributed by atoms with van der Waals surface area (Å²) in [4.78, 5) is 11.9. The van der Waals surface area contributed by atoms with E-state index in [2.05, 4.69) is 39.5 Å². The number of nitrogens with one attached hydrogen (secondary N) is 1. The van der Waals surface area contributed by atoms with Gasteiger partial charge in [0, 0.05) is 44.3 Å². The fraction of sp³-hybridized carbons (Fsp3) is 0.529. The second-order valence-corrected chi connectivity index (χ2v) is 15.1. The number of hydrogen-bond donors (Lipinski definition) is 1. The van der Waals surface area contributed by atoms with Crippen molar-refractivity contribution < 1.29 is 17.9 Å². The van der Waals surface area contributed by atoms with Crippen LogP contribution in [-0.2, 0) is 14.8 Å². The maximum Gasteiger partial charge on any atom is 0.264 e. The molecule has 0 radical (unpaired) electrons. The third-order valence-corrected chi connectivity index (χ3v) is 10.9. The van der Waals surface area contributed by atoms with Gasteiger partial charge in [-0.25, -0.2) is 18.1 Å². The first kappa shape index (κ1) is 30.0. The van der Waals surface area contributed by atoms with Crippen LogP contribution >= 0.6 is 0 Å². The van der Waals surface area contributed by atoms with E-state index in [0.717, 1.165) is 67.8 Å². The summed E-state index contributed by atoms with van der Waals surface area (Å²) in [6, 6.07) is 15.4. The van der Waals surface area contributed by atoms with E-state index in [9.17, 15) is 8.42 Å². The van der Waals surface area contributed by atoms with Crippen LogP contribution in [-0.4, -0.2) is 63.2 Å². The Morgan fingerprint density at radius 2 is 1.79 bits per heavy atom. The number of ether oxygens (including phenoxy) is 2. The zero-order valence-corrected chi connectivity index (χ0v) is 26.8. The summed E-state index contributed by atoms with van der Waals surface area (Å²) in [7, 11) is -2.17. The molecule has 1 spiro atoms. The molecule has 2 aromatic carbocycles. The van der Waals surface area contributed by atoms with Crippen molar-refractivity contribution in [1.29, 1.82) is 0 Å². The van der Waals surface area contributed by atoms with Crippen molar-refractivity contribution in [1.82, 2.24) is 14.9 Å². The largest absolute Gasteiger partial charge is 0.477 e. The Morgan fingerprint density at radius 1 is 1.07 bits per heavy atom. The Morgan fingerprint density at radius 3 is 2.49 bits per heavy atom. The quantitative estimate of drug-likeness (QED) is 0.351. The lowest BCUT2D eigenvalue weighted by atomic mass is 9.52. The van der Waals surface area contributed by atoms with Crippen LogP contribution in [0.25, 0.3) is 11.3 Å². The predicted octanol–water partition coefficient (Wildman–Crippen LogP) is 6.06. The zero-order chi connectivity index (χ0) is 30.4. The van der Waals surface area contributed by atoms with Gasteiger partial charge in [-0.3, -0.25) is 4.90 Å². The van der Waals surface area contributed by atoms with Crippen LogP contribution in [0.1, 0.15) is 55.7 Å². The van der Waals surface area contributed by atoms with E-state index in [1.54, 1.807) is 13.2 Å². The van der Waals surface area contributed by atoms with Crippen LogP contribution in [0.2, 0.25) is 0 Å². The van der Waals surface area contributed by atoms with Crippen LogP contribution in [0, 0.1) is 37.0 Å². The molecule has 3 aliphatic rings. The first-order chi connectivity index (χ1) is 20.6. The van der Waals surface area contributed by atoms with Crippen molar-refractivity contribution in [2.24, 2.45) is 23.2 Å². The Bertz CT molecular complexity index is 1560. The Labute approximate surface area is 256 Å². The number of rotatable bonds is 7. The molecule has 2 aliphatic heterocycles. The van der Waals surface area contributed by atoms with Crippen molar-refractivity contribution in [2.45, 2.75) is 57.8 Å². The average molecular weight is 605 g/mol. The Kier molecular flexibility index (Phi) is 8.26. The van der Waals surface area contributed by atoms with Gasteiger partial charge >= 0.3 is 0 Å². The zero-order valence-electron chi connectivity index (χ0n) is 26.0. The lowest BCUT2D eigenvalue weighted by molar-refractivity contribution is -0.112. The van der Waals surface area contributed by atoms with Gasteiger partial charge in [-0.2, -0.15) is 4.98 Å². The highest BCUT2D eigenvalue weighted by molar-refractivity contribution is 7.92. The number of likely N-dealkylation sites (tertiary alicyclic amines) is 1. The fourth-order valence-electron chi connectivity index (χ4n) is 7.85. The van der Waals surface area contributed by atoms with Crippen molar-refractivity contribution in [3.05, 3.63) is 65.2 Å². The predicted molar refractivity (Wildman–Crippen MR) is 169 cm³/mol. The minimum atomic E-state index is -3.93. The summed E-state index contributed by atoms with van der Waals surface area (Å²) >= 11 is 0. The maximum absolute atomic E-state index is 13.7. The highest BCUT2D eigenvalue weighted by atomic mass is 32.2. The third-order valence-electron chi connectivity index (χ3n) is 9.57. The SMILES string of the molecule is COCCN1CC2(CC(C3c4cccc(c4)S(=O)(=O)Nc4nc(cc(-c5c(C)cccc5C)n4)OC[C@H]3CC(C)C)C2)C1. The summed E-state index contributed by atoms with van der Waals surface area (Å²) in [5, 5.41) is 0. The number of nitrogens with zero attached hydrogens (tertiary/aromatic N) is 3. The van der Waals surface area contributed by atoms with E-state index in [1.165, 1.54) is 0 Å². The molecule has 4 bridgehead atoms. The van der Waals surface area contributed by atoms with Gasteiger partial charge in [-0.15, -0.1) is 0 Å². The third kappa shape index (κ3) is 6.17. The monoisotopic (exact) mass is 604 g/mol. The molecule has 43 heavy (non-hydrogen) atoms. The molecule has 3 aromatic rings. The average Bonchev–Trinajstić information content (AvgIpc) is 2.90. The summed E-state index contributed by atoms with van der Waals surface area (Å²) in [6.45, 7) is 13.1. The van der Waals surface area contributed by atoms with E-state index in [4.69, 9.17) is 9.47 Å². The first-order valence-electron chi connectivity index (χ1n) is 15.5. The number of sulfonamides is 1. The lowest BCUT2D eigenvalue weighted by Gasteiger charge is -2.61. The van der Waals surface area contributed by atoms with Crippen molar-refractivity contribution >= 4 is 16.0 Å². The van der Waals surface area contributed by atoms with E-state index in [1.807, 2.05) is 50.2 Å². The molecule has 1 aromatic heterocycles. The highest BCUT2D eigenvalue weighted by Gasteiger charge is 2.54. The smallest absolute Gasteiger partial charge is 0.264 e. The molecule has 9 heteroatoms. The summed E-state index contributed by atoms with van der Waals surface area (Å²) in [5.41, 5.74) is 5.17. The van der Waals surface area contributed by atoms with Crippen LogP contribution in [0.3, 0.4) is 0 Å². The van der Waals surface area contributed by atoms with E-state index >= 15 is 0 Å². The van der Waals surface area contributed by atoms with Gasteiger partial charge < -0.3 is 9.47 Å².